The van der Waals surface area contributed by atoms with Gasteiger partial charge in [0, 0.05) is 31.2 Å². The lowest BCUT2D eigenvalue weighted by molar-refractivity contribution is -0.133. The Hall–Kier alpha value is -1.95. The number of amides is 2. The Morgan fingerprint density at radius 1 is 0.893 bits per heavy atom. The fourth-order valence-electron chi connectivity index (χ4n) is 3.00. The van der Waals surface area contributed by atoms with E-state index < -0.39 is 0 Å². The second-order valence-electron chi connectivity index (χ2n) is 6.37. The van der Waals surface area contributed by atoms with Crippen LogP contribution in [-0.4, -0.2) is 54.4 Å². The second kappa shape index (κ2) is 9.50. The number of halogens is 3. The minimum Gasteiger partial charge on any atom is -0.482 e. The van der Waals surface area contributed by atoms with E-state index in [1.165, 1.54) is 0 Å². The number of ether oxygens (including phenoxy) is 1. The van der Waals surface area contributed by atoms with E-state index in [-0.39, 0.29) is 18.4 Å². The molecule has 3 rings (SSSR count). The molecule has 1 aliphatic rings. The molecule has 0 N–H and O–H groups in total. The first kappa shape index (κ1) is 20.8. The molecule has 0 aliphatic carbocycles. The smallest absolute Gasteiger partial charge is 0.260 e. The molecule has 1 heterocycles. The van der Waals surface area contributed by atoms with Crippen LogP contribution in [0.2, 0.25) is 15.1 Å². The molecule has 0 aromatic heterocycles. The van der Waals surface area contributed by atoms with Crippen LogP contribution in [0.1, 0.15) is 16.8 Å². The van der Waals surface area contributed by atoms with Crippen LogP contribution < -0.4 is 4.74 Å². The molecule has 1 saturated heterocycles. The van der Waals surface area contributed by atoms with Crippen molar-refractivity contribution in [2.24, 2.45) is 0 Å². The van der Waals surface area contributed by atoms with Gasteiger partial charge in [0.25, 0.3) is 11.8 Å². The van der Waals surface area contributed by atoms with Crippen molar-refractivity contribution in [1.29, 1.82) is 0 Å². The predicted molar refractivity (Wildman–Crippen MR) is 111 cm³/mol. The van der Waals surface area contributed by atoms with Crippen LogP contribution >= 0.6 is 34.8 Å². The molecule has 2 amide bonds. The molecule has 2 aromatic rings. The molecular formula is C20H19Cl3N2O3. The van der Waals surface area contributed by atoms with Gasteiger partial charge in [-0.15, -0.1) is 0 Å². The Labute approximate surface area is 178 Å². The van der Waals surface area contributed by atoms with Gasteiger partial charge in [-0.2, -0.15) is 0 Å². The third-order valence-corrected chi connectivity index (χ3v) is 5.35. The van der Waals surface area contributed by atoms with Crippen molar-refractivity contribution in [3.05, 3.63) is 63.1 Å². The Balaban J connectivity index is 1.56. The largest absolute Gasteiger partial charge is 0.482 e. The Morgan fingerprint density at radius 2 is 1.61 bits per heavy atom. The summed E-state index contributed by atoms with van der Waals surface area (Å²) in [5.41, 5.74) is 0.477. The number of carbonyl (C=O) groups excluding carboxylic acids is 2. The molecule has 1 fully saturated rings. The van der Waals surface area contributed by atoms with E-state index in [0.29, 0.717) is 59.0 Å². The van der Waals surface area contributed by atoms with Crippen molar-refractivity contribution >= 4 is 46.6 Å². The summed E-state index contributed by atoms with van der Waals surface area (Å²) in [4.78, 5) is 28.6. The van der Waals surface area contributed by atoms with Crippen LogP contribution in [0, 0.1) is 0 Å². The van der Waals surface area contributed by atoms with Gasteiger partial charge in [-0.25, -0.2) is 0 Å². The number of rotatable bonds is 4. The highest BCUT2D eigenvalue weighted by molar-refractivity contribution is 6.35. The van der Waals surface area contributed by atoms with E-state index in [1.54, 1.807) is 52.3 Å². The van der Waals surface area contributed by atoms with Crippen LogP contribution in [0.3, 0.4) is 0 Å². The van der Waals surface area contributed by atoms with Crippen LogP contribution in [-0.2, 0) is 4.79 Å². The molecule has 8 heteroatoms. The van der Waals surface area contributed by atoms with E-state index in [1.807, 2.05) is 0 Å². The molecule has 0 atom stereocenters. The molecule has 0 spiro atoms. The van der Waals surface area contributed by atoms with Crippen molar-refractivity contribution in [3.63, 3.8) is 0 Å². The van der Waals surface area contributed by atoms with Crippen molar-refractivity contribution in [2.75, 3.05) is 32.8 Å². The van der Waals surface area contributed by atoms with Gasteiger partial charge in [0.15, 0.2) is 6.61 Å². The first-order valence-electron chi connectivity index (χ1n) is 8.85. The average molecular weight is 442 g/mol. The minimum atomic E-state index is -0.155. The molecule has 0 saturated carbocycles. The zero-order valence-corrected chi connectivity index (χ0v) is 17.3. The van der Waals surface area contributed by atoms with Crippen molar-refractivity contribution in [2.45, 2.75) is 6.42 Å². The third kappa shape index (κ3) is 5.10. The maximum atomic E-state index is 12.7. The lowest BCUT2D eigenvalue weighted by Crippen LogP contribution is -2.39. The number of benzene rings is 2. The van der Waals surface area contributed by atoms with Crippen LogP contribution in [0.25, 0.3) is 0 Å². The zero-order valence-electron chi connectivity index (χ0n) is 15.0. The third-order valence-electron chi connectivity index (χ3n) is 4.49. The first-order chi connectivity index (χ1) is 13.5. The normalized spacial score (nSPS) is 14.5. The van der Waals surface area contributed by atoms with Gasteiger partial charge in [-0.3, -0.25) is 9.59 Å². The van der Waals surface area contributed by atoms with Crippen LogP contribution in [0.15, 0.2) is 42.5 Å². The predicted octanol–water partition coefficient (Wildman–Crippen LogP) is 4.40. The number of nitrogens with zero attached hydrogens (tertiary/aromatic N) is 2. The average Bonchev–Trinajstić information content (AvgIpc) is 2.93. The molecule has 0 radical (unpaired) electrons. The SMILES string of the molecule is O=C(COc1ccc(Cl)cc1Cl)N1CCCN(C(=O)c2ccccc2Cl)CC1. The number of hydrogen-bond donors (Lipinski definition) is 0. The molecule has 2 aromatic carbocycles. The molecule has 28 heavy (non-hydrogen) atoms. The van der Waals surface area contributed by atoms with E-state index in [0.717, 1.165) is 0 Å². The van der Waals surface area contributed by atoms with Crippen molar-refractivity contribution in [3.8, 4) is 5.75 Å². The van der Waals surface area contributed by atoms with Gasteiger partial charge < -0.3 is 14.5 Å². The maximum Gasteiger partial charge on any atom is 0.260 e. The lowest BCUT2D eigenvalue weighted by Gasteiger charge is -2.22. The number of hydrogen-bond acceptors (Lipinski definition) is 3. The van der Waals surface area contributed by atoms with Gasteiger partial charge in [0.05, 0.1) is 15.6 Å². The standard InChI is InChI=1S/C20H19Cl3N2O3/c21-14-6-7-18(17(23)12-14)28-13-19(26)24-8-3-9-25(11-10-24)20(27)15-4-1-2-5-16(15)22/h1-2,4-7,12H,3,8-11,13H2. The highest BCUT2D eigenvalue weighted by Crippen LogP contribution is 2.27. The molecule has 148 valence electrons. The fraction of sp³-hybridized carbons (Fsp3) is 0.300. The Morgan fingerprint density at radius 3 is 2.36 bits per heavy atom. The summed E-state index contributed by atoms with van der Waals surface area (Å²) in [6.45, 7) is 1.88. The Kier molecular flexibility index (Phi) is 7.05. The fourth-order valence-corrected chi connectivity index (χ4v) is 3.68. The minimum absolute atomic E-state index is 0.121. The molecule has 1 aliphatic heterocycles. The molecule has 5 nitrogen and oxygen atoms in total. The summed E-state index contributed by atoms with van der Waals surface area (Å²) in [7, 11) is 0. The number of carbonyl (C=O) groups is 2. The van der Waals surface area contributed by atoms with Gasteiger partial charge in [0.2, 0.25) is 0 Å². The van der Waals surface area contributed by atoms with Gasteiger partial charge >= 0.3 is 0 Å². The van der Waals surface area contributed by atoms with Gasteiger partial charge in [0.1, 0.15) is 5.75 Å². The molecule has 0 unspecified atom stereocenters. The summed E-state index contributed by atoms with van der Waals surface area (Å²) in [6.07, 6.45) is 0.684. The molecular weight excluding hydrogens is 423 g/mol. The van der Waals surface area contributed by atoms with E-state index in [2.05, 4.69) is 0 Å². The lowest BCUT2D eigenvalue weighted by atomic mass is 10.2. The van der Waals surface area contributed by atoms with Crippen LogP contribution in [0.4, 0.5) is 0 Å². The van der Waals surface area contributed by atoms with Crippen LogP contribution in [0.5, 0.6) is 5.75 Å². The van der Waals surface area contributed by atoms with E-state index in [4.69, 9.17) is 39.5 Å². The van der Waals surface area contributed by atoms with Gasteiger partial charge in [-0.05, 0) is 36.8 Å². The zero-order chi connectivity index (χ0) is 20.1. The summed E-state index contributed by atoms with van der Waals surface area (Å²) >= 11 is 18.1. The molecule has 0 bridgehead atoms. The summed E-state index contributed by atoms with van der Waals surface area (Å²) in [6, 6.07) is 11.8. The Bertz CT molecular complexity index is 876. The highest BCUT2D eigenvalue weighted by atomic mass is 35.5. The highest BCUT2D eigenvalue weighted by Gasteiger charge is 2.24. The van der Waals surface area contributed by atoms with Crippen molar-refractivity contribution < 1.29 is 14.3 Å². The van der Waals surface area contributed by atoms with Crippen molar-refractivity contribution in [1.82, 2.24) is 9.80 Å². The summed E-state index contributed by atoms with van der Waals surface area (Å²) in [5.74, 6) is 0.131. The second-order valence-corrected chi connectivity index (χ2v) is 7.62. The topological polar surface area (TPSA) is 49.9 Å². The van der Waals surface area contributed by atoms with E-state index in [9.17, 15) is 9.59 Å². The van der Waals surface area contributed by atoms with E-state index >= 15 is 0 Å². The van der Waals surface area contributed by atoms with Gasteiger partial charge in [-0.1, -0.05) is 46.9 Å². The maximum absolute atomic E-state index is 12.7. The first-order valence-corrected chi connectivity index (χ1v) is 9.98. The summed E-state index contributed by atoms with van der Waals surface area (Å²) < 4.78 is 5.53. The quantitative estimate of drug-likeness (QED) is 0.706. The monoisotopic (exact) mass is 440 g/mol. The summed E-state index contributed by atoms with van der Waals surface area (Å²) in [5, 5.41) is 1.28.